The lowest BCUT2D eigenvalue weighted by molar-refractivity contribution is -0.145. The second kappa shape index (κ2) is 14.3. The molecule has 8 nitrogen and oxygen atoms in total. The van der Waals surface area contributed by atoms with E-state index in [9.17, 15) is 18.8 Å². The Morgan fingerprint density at radius 3 is 2.44 bits per heavy atom. The van der Waals surface area contributed by atoms with Crippen molar-refractivity contribution in [2.24, 2.45) is 18.4 Å². The highest BCUT2D eigenvalue weighted by Crippen LogP contribution is 2.47. The first-order valence-electron chi connectivity index (χ1n) is 15.0. The van der Waals surface area contributed by atoms with Gasteiger partial charge in [-0.25, -0.2) is 14.2 Å². The van der Waals surface area contributed by atoms with Gasteiger partial charge in [0.05, 0.1) is 12.0 Å². The molecule has 1 aromatic heterocycles. The maximum atomic E-state index is 14.0. The second-order valence-electron chi connectivity index (χ2n) is 11.7. The van der Waals surface area contributed by atoms with Crippen LogP contribution >= 0.6 is 12.8 Å². The highest BCUT2D eigenvalue weighted by atomic mass is 32.1. The molecule has 1 saturated heterocycles. The summed E-state index contributed by atoms with van der Waals surface area (Å²) < 4.78 is 16.6. The summed E-state index contributed by atoms with van der Waals surface area (Å²) in [6, 6.07) is 4.61. The van der Waals surface area contributed by atoms with Crippen LogP contribution in [0.3, 0.4) is 0 Å². The molecular formula is C31H44FN5O3S. The van der Waals surface area contributed by atoms with Crippen LogP contribution in [0.1, 0.15) is 76.0 Å². The summed E-state index contributed by atoms with van der Waals surface area (Å²) in [5.41, 5.74) is 1.23. The van der Waals surface area contributed by atoms with Gasteiger partial charge in [0.25, 0.3) is 0 Å². The van der Waals surface area contributed by atoms with Gasteiger partial charge in [0, 0.05) is 57.6 Å². The fourth-order valence-electron chi connectivity index (χ4n) is 6.62. The molecule has 2 heterocycles. The quantitative estimate of drug-likeness (QED) is 0.358. The lowest BCUT2D eigenvalue weighted by Crippen LogP contribution is -2.55. The fourth-order valence-corrected chi connectivity index (χ4v) is 6.87. The van der Waals surface area contributed by atoms with Crippen LogP contribution in [0.25, 0.3) is 0 Å². The van der Waals surface area contributed by atoms with Gasteiger partial charge in [-0.2, -0.15) is 0 Å². The number of rotatable bonds is 11. The van der Waals surface area contributed by atoms with Crippen molar-refractivity contribution in [3.8, 4) is 0 Å². The Bertz CT molecular complexity index is 1170. The summed E-state index contributed by atoms with van der Waals surface area (Å²) >= 11 is 4.50. The van der Waals surface area contributed by atoms with Crippen LogP contribution < -0.4 is 5.32 Å². The number of benzene rings is 1. The van der Waals surface area contributed by atoms with Gasteiger partial charge in [0.2, 0.25) is 5.91 Å². The van der Waals surface area contributed by atoms with Gasteiger partial charge in [0.15, 0.2) is 0 Å². The molecule has 0 bridgehead atoms. The third kappa shape index (κ3) is 7.70. The number of thiol groups is 1. The molecule has 10 heteroatoms. The van der Waals surface area contributed by atoms with E-state index < -0.39 is 12.1 Å². The first kappa shape index (κ1) is 31.1. The monoisotopic (exact) mass is 585 g/mol. The van der Waals surface area contributed by atoms with E-state index in [2.05, 4.69) is 23.1 Å². The molecule has 2 aromatic rings. The number of amides is 3. The number of hydrogen-bond acceptors (Lipinski definition) is 5. The summed E-state index contributed by atoms with van der Waals surface area (Å²) in [4.78, 5) is 46.7. The van der Waals surface area contributed by atoms with E-state index in [1.807, 2.05) is 24.7 Å². The van der Waals surface area contributed by atoms with E-state index >= 15 is 0 Å². The number of aromatic nitrogens is 2. The van der Waals surface area contributed by atoms with Crippen LogP contribution in [0, 0.1) is 17.2 Å². The standard InChI is InChI=1S/C31H44FN5O3S/c1-3-7-28(38)31(24-8-5-4-6-9-24)15-18-36(19-16-31)29(39)27(20-23-10-12-25(32)13-11-23)37(41)30(40)33-17-14-26-21-35(2)22-34-26/h10-13,21-22,24,27,41H,3-9,14-20H2,1-2H3,(H,33,40)/t27-/m1/s1. The van der Waals surface area contributed by atoms with E-state index in [-0.39, 0.29) is 23.6 Å². The molecule has 1 atom stereocenters. The molecular weight excluding hydrogens is 541 g/mol. The number of nitrogens with one attached hydrogen (secondary N) is 1. The number of halogens is 1. The van der Waals surface area contributed by atoms with E-state index in [1.54, 1.807) is 23.4 Å². The molecule has 4 rings (SSSR count). The summed E-state index contributed by atoms with van der Waals surface area (Å²) in [5, 5.41) is 2.84. The van der Waals surface area contributed by atoms with Crippen LogP contribution in [0.15, 0.2) is 36.8 Å². The normalized spacial score (nSPS) is 18.1. The molecule has 1 aliphatic heterocycles. The van der Waals surface area contributed by atoms with E-state index in [0.717, 1.165) is 47.7 Å². The number of urea groups is 1. The Morgan fingerprint density at radius 2 is 1.83 bits per heavy atom. The number of carbonyl (C=O) groups excluding carboxylic acids is 3. The van der Waals surface area contributed by atoms with Gasteiger partial charge in [-0.1, -0.05) is 51.1 Å². The van der Waals surface area contributed by atoms with Crippen molar-refractivity contribution in [1.82, 2.24) is 24.1 Å². The molecule has 2 aliphatic rings. The zero-order chi connectivity index (χ0) is 29.4. The van der Waals surface area contributed by atoms with Gasteiger partial charge in [-0.05, 0) is 55.7 Å². The van der Waals surface area contributed by atoms with Gasteiger partial charge in [-0.15, -0.1) is 0 Å². The van der Waals surface area contributed by atoms with Crippen LogP contribution in [0.4, 0.5) is 9.18 Å². The van der Waals surface area contributed by atoms with Crippen molar-refractivity contribution < 1.29 is 18.8 Å². The minimum Gasteiger partial charge on any atom is -0.341 e. The fraction of sp³-hybridized carbons (Fsp3) is 0.613. The smallest absolute Gasteiger partial charge is 0.327 e. The Labute approximate surface area is 248 Å². The molecule has 224 valence electrons. The first-order chi connectivity index (χ1) is 19.7. The Hall–Kier alpha value is -2.88. The van der Waals surface area contributed by atoms with E-state index in [1.165, 1.54) is 18.6 Å². The lowest BCUT2D eigenvalue weighted by atomic mass is 9.61. The predicted octanol–water partition coefficient (Wildman–Crippen LogP) is 5.13. The topological polar surface area (TPSA) is 87.5 Å². The number of likely N-dealkylation sites (tertiary alicyclic amines) is 1. The number of hydrogen-bond donors (Lipinski definition) is 2. The molecule has 1 aromatic carbocycles. The number of nitrogens with zero attached hydrogens (tertiary/aromatic N) is 4. The number of aryl methyl sites for hydroxylation is 1. The van der Waals surface area contributed by atoms with Crippen LogP contribution in [0.5, 0.6) is 0 Å². The number of piperidine rings is 1. The van der Waals surface area contributed by atoms with E-state index in [0.29, 0.717) is 57.0 Å². The van der Waals surface area contributed by atoms with Crippen LogP contribution in [-0.2, 0) is 29.5 Å². The predicted molar refractivity (Wildman–Crippen MR) is 160 cm³/mol. The lowest BCUT2D eigenvalue weighted by Gasteiger charge is -2.47. The zero-order valence-corrected chi connectivity index (χ0v) is 25.3. The van der Waals surface area contributed by atoms with Crippen molar-refractivity contribution in [2.45, 2.75) is 83.6 Å². The minimum absolute atomic E-state index is 0.204. The van der Waals surface area contributed by atoms with Crippen molar-refractivity contribution >= 4 is 30.5 Å². The number of carbonyl (C=O) groups is 3. The number of ketones is 1. The highest BCUT2D eigenvalue weighted by molar-refractivity contribution is 7.78. The maximum absolute atomic E-state index is 14.0. The Morgan fingerprint density at radius 1 is 1.15 bits per heavy atom. The minimum atomic E-state index is -0.882. The Balaban J connectivity index is 1.46. The summed E-state index contributed by atoms with van der Waals surface area (Å²) in [6.07, 6.45) is 12.8. The Kier molecular flexibility index (Phi) is 10.9. The molecule has 1 aliphatic carbocycles. The summed E-state index contributed by atoms with van der Waals surface area (Å²) in [5.74, 6) is 0.168. The van der Waals surface area contributed by atoms with E-state index in [4.69, 9.17) is 0 Å². The van der Waals surface area contributed by atoms with Gasteiger partial charge in [0.1, 0.15) is 17.6 Å². The van der Waals surface area contributed by atoms with Crippen molar-refractivity contribution in [3.05, 3.63) is 53.9 Å². The van der Waals surface area contributed by atoms with Gasteiger partial charge in [-0.3, -0.25) is 13.9 Å². The average molecular weight is 586 g/mol. The third-order valence-electron chi connectivity index (χ3n) is 8.93. The van der Waals surface area contributed by atoms with Crippen LogP contribution in [-0.4, -0.2) is 62.2 Å². The molecule has 1 saturated carbocycles. The van der Waals surface area contributed by atoms with Crippen molar-refractivity contribution in [3.63, 3.8) is 0 Å². The summed E-state index contributed by atoms with van der Waals surface area (Å²) in [6.45, 7) is 3.35. The van der Waals surface area contributed by atoms with Crippen molar-refractivity contribution in [2.75, 3.05) is 19.6 Å². The molecule has 3 amide bonds. The second-order valence-corrected chi connectivity index (χ2v) is 12.1. The maximum Gasteiger partial charge on any atom is 0.327 e. The number of Topliss-reactive ketones (excluding diaryl/α,β-unsaturated/α-hetero) is 1. The van der Waals surface area contributed by atoms with Gasteiger partial charge < -0.3 is 14.8 Å². The average Bonchev–Trinajstić information content (AvgIpc) is 3.41. The molecule has 41 heavy (non-hydrogen) atoms. The van der Waals surface area contributed by atoms with Gasteiger partial charge >= 0.3 is 6.03 Å². The SMILES string of the molecule is CCCC(=O)C1(C2CCCCC2)CCN(C(=O)[C@@H](Cc2ccc(F)cc2)N(S)C(=O)NCCc2cn(C)cn2)CC1. The molecule has 1 N–H and O–H groups in total. The number of imidazole rings is 1. The molecule has 2 fully saturated rings. The third-order valence-corrected chi connectivity index (χ3v) is 9.39. The molecule has 0 spiro atoms. The highest BCUT2D eigenvalue weighted by Gasteiger charge is 2.47. The molecule has 0 radical (unpaired) electrons. The largest absolute Gasteiger partial charge is 0.341 e. The summed E-state index contributed by atoms with van der Waals surface area (Å²) in [7, 11) is 1.88. The first-order valence-corrected chi connectivity index (χ1v) is 15.4. The van der Waals surface area contributed by atoms with Crippen LogP contribution in [0.2, 0.25) is 0 Å². The molecule has 0 unspecified atom stereocenters. The zero-order valence-electron chi connectivity index (χ0n) is 24.4. The van der Waals surface area contributed by atoms with Crippen molar-refractivity contribution in [1.29, 1.82) is 0 Å².